The average Bonchev–Trinajstić information content (AvgIpc) is 3.31. The van der Waals surface area contributed by atoms with Crippen LogP contribution in [0.3, 0.4) is 0 Å². The van der Waals surface area contributed by atoms with E-state index in [1.165, 1.54) is 43.4 Å². The largest absolute Gasteiger partial charge is 0.228 e. The summed E-state index contributed by atoms with van der Waals surface area (Å²) in [7, 11) is 0. The highest BCUT2D eigenvalue weighted by atomic mass is 14.9. The van der Waals surface area contributed by atoms with Crippen molar-refractivity contribution in [2.75, 3.05) is 0 Å². The molecule has 1 heterocycles. The molecule has 0 aliphatic rings. The molecule has 0 unspecified atom stereocenters. The molecule has 0 atom stereocenters. The summed E-state index contributed by atoms with van der Waals surface area (Å²) in [5, 5.41) is 8.72. The minimum absolute atomic E-state index is 0.702. The number of benzene rings is 10. The molecule has 0 bridgehead atoms. The minimum atomic E-state index is 0.702. The van der Waals surface area contributed by atoms with Gasteiger partial charge in [-0.25, -0.2) is 9.97 Å². The van der Waals surface area contributed by atoms with Crippen LogP contribution in [0.2, 0.25) is 0 Å². The maximum absolute atomic E-state index is 5.38. The number of fused-ring (bicyclic) bond motifs is 7. The fourth-order valence-electron chi connectivity index (χ4n) is 8.59. The lowest BCUT2D eigenvalue weighted by Gasteiger charge is -2.14. The maximum atomic E-state index is 5.38. The molecule has 0 N–H and O–H groups in total. The molecule has 11 rings (SSSR count). The van der Waals surface area contributed by atoms with Gasteiger partial charge in [0.05, 0.1) is 11.2 Å². The van der Waals surface area contributed by atoms with E-state index in [0.29, 0.717) is 5.82 Å². The molecule has 0 amide bonds. The number of hydrogen-bond donors (Lipinski definition) is 0. The van der Waals surface area contributed by atoms with Crippen LogP contribution in [0.4, 0.5) is 0 Å². The normalized spacial score (nSPS) is 11.4. The van der Waals surface area contributed by atoms with Gasteiger partial charge in [0.1, 0.15) is 0 Å². The van der Waals surface area contributed by atoms with Crippen LogP contribution < -0.4 is 0 Å². The van der Waals surface area contributed by atoms with Gasteiger partial charge in [-0.15, -0.1) is 0 Å². The first-order valence-corrected chi connectivity index (χ1v) is 19.8. The summed E-state index contributed by atoms with van der Waals surface area (Å²) in [6.07, 6.45) is 0. The quantitative estimate of drug-likeness (QED) is 0.159. The van der Waals surface area contributed by atoms with Crippen molar-refractivity contribution in [1.29, 1.82) is 0 Å². The third-order valence-corrected chi connectivity index (χ3v) is 11.4. The number of nitrogens with zero attached hydrogens (tertiary/aromatic N) is 2. The van der Waals surface area contributed by atoms with Gasteiger partial charge >= 0.3 is 0 Å². The zero-order valence-electron chi connectivity index (χ0n) is 31.7. The van der Waals surface area contributed by atoms with Crippen molar-refractivity contribution in [2.45, 2.75) is 0 Å². The molecule has 1 aromatic heterocycles. The Morgan fingerprint density at radius 1 is 0.207 bits per heavy atom. The van der Waals surface area contributed by atoms with Crippen LogP contribution in [-0.4, -0.2) is 9.97 Å². The zero-order valence-corrected chi connectivity index (χ0v) is 31.7. The molecule has 0 fully saturated rings. The summed E-state index contributed by atoms with van der Waals surface area (Å²) in [6.45, 7) is 0. The molecule has 0 saturated carbocycles. The number of hydrogen-bond acceptors (Lipinski definition) is 2. The Kier molecular flexibility index (Phi) is 8.19. The summed E-state index contributed by atoms with van der Waals surface area (Å²) >= 11 is 0. The molecule has 0 aliphatic carbocycles. The maximum Gasteiger partial charge on any atom is 0.160 e. The van der Waals surface area contributed by atoms with Crippen LogP contribution in [0.1, 0.15) is 0 Å². The lowest BCUT2D eigenvalue weighted by molar-refractivity contribution is 1.23. The van der Waals surface area contributed by atoms with Crippen LogP contribution in [0.15, 0.2) is 218 Å². The van der Waals surface area contributed by atoms with E-state index in [4.69, 9.17) is 9.97 Å². The number of aromatic nitrogens is 2. The molecule has 10 aromatic carbocycles. The van der Waals surface area contributed by atoms with Gasteiger partial charge in [-0.05, 0) is 119 Å². The second-order valence-corrected chi connectivity index (χ2v) is 15.0. The van der Waals surface area contributed by atoms with Gasteiger partial charge in [0.15, 0.2) is 5.82 Å². The van der Waals surface area contributed by atoms with Gasteiger partial charge in [-0.2, -0.15) is 0 Å². The van der Waals surface area contributed by atoms with Gasteiger partial charge in [-0.3, -0.25) is 0 Å². The first kappa shape index (κ1) is 33.6. The molecular formula is C56H36N2. The van der Waals surface area contributed by atoms with E-state index in [-0.39, 0.29) is 0 Å². The van der Waals surface area contributed by atoms with Crippen molar-refractivity contribution in [2.24, 2.45) is 0 Å². The highest BCUT2D eigenvalue weighted by Gasteiger charge is 2.16. The highest BCUT2D eigenvalue weighted by Crippen LogP contribution is 2.39. The Labute approximate surface area is 337 Å². The Morgan fingerprint density at radius 2 is 0.603 bits per heavy atom. The molecule has 0 saturated heterocycles. The van der Waals surface area contributed by atoms with Gasteiger partial charge < -0.3 is 0 Å². The summed E-state index contributed by atoms with van der Waals surface area (Å²) in [5.74, 6) is 0.702. The zero-order chi connectivity index (χ0) is 38.4. The van der Waals surface area contributed by atoms with Crippen LogP contribution in [-0.2, 0) is 0 Å². The fourth-order valence-corrected chi connectivity index (χ4v) is 8.59. The van der Waals surface area contributed by atoms with Crippen molar-refractivity contribution in [3.05, 3.63) is 218 Å². The molecule has 0 spiro atoms. The SMILES string of the molecule is c1ccc(-c2cc(-c3ccccc3)cc(-c3nc(-c4cccc(-c5cccc(-c6ccc7c8ccccc8c8ccccc8c7c6)c5)c4)c4ccccc4n3)c2)cc1. The van der Waals surface area contributed by atoms with Crippen LogP contribution in [0, 0.1) is 0 Å². The predicted molar refractivity (Wildman–Crippen MR) is 245 cm³/mol. The third kappa shape index (κ3) is 6.00. The smallest absolute Gasteiger partial charge is 0.160 e. The molecule has 2 heteroatoms. The molecule has 58 heavy (non-hydrogen) atoms. The minimum Gasteiger partial charge on any atom is -0.228 e. The van der Waals surface area contributed by atoms with Crippen molar-refractivity contribution < 1.29 is 0 Å². The fraction of sp³-hybridized carbons (Fsp3) is 0. The topological polar surface area (TPSA) is 25.8 Å². The average molecular weight is 737 g/mol. The summed E-state index contributed by atoms with van der Waals surface area (Å²) in [5.41, 5.74) is 13.1. The summed E-state index contributed by atoms with van der Waals surface area (Å²) in [6, 6.07) is 78.3. The van der Waals surface area contributed by atoms with E-state index >= 15 is 0 Å². The lowest BCUT2D eigenvalue weighted by atomic mass is 9.91. The van der Waals surface area contributed by atoms with Crippen molar-refractivity contribution >= 4 is 43.2 Å². The first-order chi connectivity index (χ1) is 28.7. The van der Waals surface area contributed by atoms with E-state index in [2.05, 4.69) is 218 Å². The van der Waals surface area contributed by atoms with Crippen molar-refractivity contribution in [3.8, 4) is 67.2 Å². The van der Waals surface area contributed by atoms with Crippen LogP contribution in [0.25, 0.3) is 110 Å². The van der Waals surface area contributed by atoms with Crippen LogP contribution >= 0.6 is 0 Å². The molecule has 11 aromatic rings. The molecule has 0 aliphatic heterocycles. The van der Waals surface area contributed by atoms with Gasteiger partial charge in [0.2, 0.25) is 0 Å². The Hall–Kier alpha value is -7.68. The van der Waals surface area contributed by atoms with E-state index in [0.717, 1.165) is 61.1 Å². The standard InChI is InChI=1S/C56H36N2/c1-3-15-37(16-4-1)44-33-45(38-17-5-2-6-18-38)35-46(34-44)56-57-54-28-12-11-27-52(54)55(58-56)43-22-14-21-41(32-43)39-19-13-20-40(31-39)42-29-30-51-49-25-8-7-23-47(49)48-24-9-10-26-50(48)53(51)36-42/h1-36H. The van der Waals surface area contributed by atoms with Gasteiger partial charge in [0.25, 0.3) is 0 Å². The van der Waals surface area contributed by atoms with E-state index in [1.54, 1.807) is 0 Å². The second kappa shape index (κ2) is 14.1. The molecule has 2 nitrogen and oxygen atoms in total. The van der Waals surface area contributed by atoms with E-state index in [1.807, 2.05) is 0 Å². The summed E-state index contributed by atoms with van der Waals surface area (Å²) < 4.78 is 0. The van der Waals surface area contributed by atoms with E-state index < -0.39 is 0 Å². The summed E-state index contributed by atoms with van der Waals surface area (Å²) in [4.78, 5) is 10.5. The van der Waals surface area contributed by atoms with E-state index in [9.17, 15) is 0 Å². The van der Waals surface area contributed by atoms with Crippen LogP contribution in [0.5, 0.6) is 0 Å². The van der Waals surface area contributed by atoms with Gasteiger partial charge in [0, 0.05) is 16.5 Å². The Balaban J connectivity index is 1.02. The molecule has 0 radical (unpaired) electrons. The number of para-hydroxylation sites is 1. The first-order valence-electron chi connectivity index (χ1n) is 19.8. The van der Waals surface area contributed by atoms with Crippen molar-refractivity contribution in [3.63, 3.8) is 0 Å². The molecular weight excluding hydrogens is 701 g/mol. The second-order valence-electron chi connectivity index (χ2n) is 15.0. The van der Waals surface area contributed by atoms with Crippen molar-refractivity contribution in [1.82, 2.24) is 9.97 Å². The Morgan fingerprint density at radius 3 is 1.19 bits per heavy atom. The third-order valence-electron chi connectivity index (χ3n) is 11.4. The Bertz CT molecular complexity index is 3240. The number of rotatable bonds is 6. The molecule has 270 valence electrons. The lowest BCUT2D eigenvalue weighted by Crippen LogP contribution is -1.96. The highest BCUT2D eigenvalue weighted by molar-refractivity contribution is 6.25. The monoisotopic (exact) mass is 736 g/mol. The van der Waals surface area contributed by atoms with Gasteiger partial charge in [-0.1, -0.05) is 176 Å². The predicted octanol–water partition coefficient (Wildman–Crippen LogP) is 15.1.